The van der Waals surface area contributed by atoms with Crippen molar-refractivity contribution in [1.82, 2.24) is 0 Å². The van der Waals surface area contributed by atoms with Gasteiger partial charge in [-0.2, -0.15) is 5.26 Å². The van der Waals surface area contributed by atoms with Gasteiger partial charge in [-0.1, -0.05) is 57.0 Å². The number of nitriles is 1. The van der Waals surface area contributed by atoms with E-state index >= 15 is 0 Å². The lowest BCUT2D eigenvalue weighted by atomic mass is 10.1. The molecule has 2 aromatic carbocycles. The van der Waals surface area contributed by atoms with E-state index in [9.17, 15) is 0 Å². The average Bonchev–Trinajstić information content (AvgIpc) is 2.57. The first-order valence-electron chi connectivity index (χ1n) is 7.86. The highest BCUT2D eigenvalue weighted by molar-refractivity contribution is 5.33. The number of nitrogens with zero attached hydrogens (tertiary/aromatic N) is 1. The van der Waals surface area contributed by atoms with Crippen LogP contribution in [0, 0.1) is 11.3 Å². The van der Waals surface area contributed by atoms with E-state index in [0.29, 0.717) is 0 Å². The molecule has 2 heteroatoms. The first-order valence-corrected chi connectivity index (χ1v) is 7.86. The van der Waals surface area contributed by atoms with Crippen LogP contribution in [0.15, 0.2) is 48.5 Å². The Labute approximate surface area is 134 Å². The monoisotopic (exact) mass is 295 g/mol. The highest BCUT2D eigenvalue weighted by Crippen LogP contribution is 2.18. The molecule has 0 saturated heterocycles. The van der Waals surface area contributed by atoms with Crippen LogP contribution < -0.4 is 4.74 Å². The summed E-state index contributed by atoms with van der Waals surface area (Å²) in [5, 5.41) is 8.58. The fraction of sp³-hybridized carbons (Fsp3) is 0.350. The Bertz CT molecular complexity index is 599. The molecule has 0 aliphatic carbocycles. The molecule has 116 valence electrons. The zero-order valence-corrected chi connectivity index (χ0v) is 13.8. The minimum atomic E-state index is 0.760. The Balaban J connectivity index is 0.000000220. The van der Waals surface area contributed by atoms with Gasteiger partial charge in [-0.25, -0.2) is 0 Å². The molecule has 0 atom stereocenters. The molecular weight excluding hydrogens is 270 g/mol. The molecule has 0 radical (unpaired) electrons. The summed E-state index contributed by atoms with van der Waals surface area (Å²) < 4.78 is 5.20. The number of rotatable bonds is 5. The normalized spacial score (nSPS) is 9.36. The van der Waals surface area contributed by atoms with Crippen molar-refractivity contribution < 1.29 is 4.74 Å². The Morgan fingerprint density at radius 1 is 0.955 bits per heavy atom. The fourth-order valence-electron chi connectivity index (χ4n) is 2.26. The molecular formula is C20H25NO. The Morgan fingerprint density at radius 2 is 1.68 bits per heavy atom. The van der Waals surface area contributed by atoms with E-state index < -0.39 is 0 Å². The van der Waals surface area contributed by atoms with Crippen LogP contribution in [0.25, 0.3) is 0 Å². The number of ether oxygens (including phenoxy) is 1. The standard InChI is InChI=1S/C10H11N.C10H14O/c1-2-4-9-5-3-6-10(7-9)8-11;1-3-6-9-7-4-5-8-10(9)11-2/h3,5-7H,2,4H2,1H3;4-5,7-8H,3,6H2,1-2H3. The van der Waals surface area contributed by atoms with Gasteiger partial charge in [0, 0.05) is 0 Å². The maximum atomic E-state index is 8.58. The Morgan fingerprint density at radius 3 is 2.32 bits per heavy atom. The van der Waals surface area contributed by atoms with Crippen LogP contribution in [0.4, 0.5) is 0 Å². The summed E-state index contributed by atoms with van der Waals surface area (Å²) in [6, 6.07) is 18.1. The van der Waals surface area contributed by atoms with Crippen molar-refractivity contribution in [1.29, 1.82) is 5.26 Å². The minimum absolute atomic E-state index is 0.760. The molecule has 0 aromatic heterocycles. The van der Waals surface area contributed by atoms with E-state index in [1.54, 1.807) is 7.11 Å². The van der Waals surface area contributed by atoms with Gasteiger partial charge in [0.1, 0.15) is 5.75 Å². The lowest BCUT2D eigenvalue weighted by Crippen LogP contribution is -1.90. The summed E-state index contributed by atoms with van der Waals surface area (Å²) in [6.07, 6.45) is 4.47. The van der Waals surface area contributed by atoms with Crippen LogP contribution in [0.5, 0.6) is 5.75 Å². The van der Waals surface area contributed by atoms with Crippen LogP contribution in [0.3, 0.4) is 0 Å². The van der Waals surface area contributed by atoms with Gasteiger partial charge in [-0.3, -0.25) is 0 Å². The number of methoxy groups -OCH3 is 1. The van der Waals surface area contributed by atoms with Gasteiger partial charge in [-0.05, 0) is 42.2 Å². The van der Waals surface area contributed by atoms with Crippen molar-refractivity contribution in [2.75, 3.05) is 7.11 Å². The summed E-state index contributed by atoms with van der Waals surface area (Å²) in [7, 11) is 1.72. The van der Waals surface area contributed by atoms with Gasteiger partial charge < -0.3 is 4.74 Å². The van der Waals surface area contributed by atoms with Crippen LogP contribution >= 0.6 is 0 Å². The Kier molecular flexibility index (Phi) is 8.45. The molecule has 2 rings (SSSR count). The highest BCUT2D eigenvalue weighted by Gasteiger charge is 1.97. The second kappa shape index (κ2) is 10.5. The second-order valence-electron chi connectivity index (χ2n) is 5.12. The quantitative estimate of drug-likeness (QED) is 0.763. The predicted octanol–water partition coefficient (Wildman–Crippen LogP) is 5.16. The Hall–Kier alpha value is -2.27. The van der Waals surface area contributed by atoms with Gasteiger partial charge in [0.05, 0.1) is 18.7 Å². The van der Waals surface area contributed by atoms with E-state index in [4.69, 9.17) is 10.00 Å². The highest BCUT2D eigenvalue weighted by atomic mass is 16.5. The van der Waals surface area contributed by atoms with Crippen LogP contribution in [-0.4, -0.2) is 7.11 Å². The molecule has 0 heterocycles. The third kappa shape index (κ3) is 6.01. The molecule has 0 aliphatic rings. The predicted molar refractivity (Wildman–Crippen MR) is 92.1 cm³/mol. The summed E-state index contributed by atoms with van der Waals surface area (Å²) in [5.41, 5.74) is 3.32. The van der Waals surface area contributed by atoms with Gasteiger partial charge >= 0.3 is 0 Å². The van der Waals surface area contributed by atoms with E-state index in [1.807, 2.05) is 36.4 Å². The average molecular weight is 295 g/mol. The number of benzene rings is 2. The maximum absolute atomic E-state index is 8.58. The summed E-state index contributed by atoms with van der Waals surface area (Å²) >= 11 is 0. The number of hydrogen-bond donors (Lipinski definition) is 0. The topological polar surface area (TPSA) is 33.0 Å². The zero-order valence-electron chi connectivity index (χ0n) is 13.8. The number of hydrogen-bond acceptors (Lipinski definition) is 2. The van der Waals surface area contributed by atoms with E-state index in [2.05, 4.69) is 32.0 Å². The zero-order chi connectivity index (χ0) is 16.2. The summed E-state index contributed by atoms with van der Waals surface area (Å²) in [4.78, 5) is 0. The van der Waals surface area contributed by atoms with E-state index in [-0.39, 0.29) is 0 Å². The van der Waals surface area contributed by atoms with Crippen molar-refractivity contribution in [2.45, 2.75) is 39.5 Å². The summed E-state index contributed by atoms with van der Waals surface area (Å²) in [5.74, 6) is 1.01. The lowest BCUT2D eigenvalue weighted by molar-refractivity contribution is 0.409. The molecule has 22 heavy (non-hydrogen) atoms. The van der Waals surface area contributed by atoms with Gasteiger partial charge in [0.25, 0.3) is 0 Å². The molecule has 0 amide bonds. The smallest absolute Gasteiger partial charge is 0.122 e. The van der Waals surface area contributed by atoms with Crippen LogP contribution in [-0.2, 0) is 12.8 Å². The number of aryl methyl sites for hydroxylation is 2. The number of para-hydroxylation sites is 1. The molecule has 0 bridgehead atoms. The van der Waals surface area contributed by atoms with Crippen LogP contribution in [0.1, 0.15) is 43.4 Å². The van der Waals surface area contributed by atoms with Crippen molar-refractivity contribution in [3.63, 3.8) is 0 Å². The van der Waals surface area contributed by atoms with Crippen LogP contribution in [0.2, 0.25) is 0 Å². The van der Waals surface area contributed by atoms with Crippen molar-refractivity contribution in [3.8, 4) is 11.8 Å². The van der Waals surface area contributed by atoms with Gasteiger partial charge in [0.15, 0.2) is 0 Å². The molecule has 0 saturated carbocycles. The molecule has 0 spiro atoms. The van der Waals surface area contributed by atoms with Crippen molar-refractivity contribution in [3.05, 3.63) is 65.2 Å². The summed E-state index contributed by atoms with van der Waals surface area (Å²) in [6.45, 7) is 4.31. The minimum Gasteiger partial charge on any atom is -0.496 e. The second-order valence-corrected chi connectivity index (χ2v) is 5.12. The fourth-order valence-corrected chi connectivity index (χ4v) is 2.26. The van der Waals surface area contributed by atoms with E-state index in [1.165, 1.54) is 17.5 Å². The van der Waals surface area contributed by atoms with Gasteiger partial charge in [-0.15, -0.1) is 0 Å². The van der Waals surface area contributed by atoms with Crippen molar-refractivity contribution >= 4 is 0 Å². The van der Waals surface area contributed by atoms with E-state index in [0.717, 1.165) is 30.6 Å². The molecule has 0 unspecified atom stereocenters. The third-order valence-electron chi connectivity index (χ3n) is 3.31. The molecule has 0 fully saturated rings. The molecule has 2 aromatic rings. The van der Waals surface area contributed by atoms with Gasteiger partial charge in [0.2, 0.25) is 0 Å². The first-order chi connectivity index (χ1) is 10.7. The first kappa shape index (κ1) is 17.8. The molecule has 2 nitrogen and oxygen atoms in total. The SMILES string of the molecule is CCCc1cccc(C#N)c1.CCCc1ccccc1OC. The molecule has 0 N–H and O–H groups in total. The van der Waals surface area contributed by atoms with Crippen molar-refractivity contribution in [2.24, 2.45) is 0 Å². The third-order valence-corrected chi connectivity index (χ3v) is 3.31. The maximum Gasteiger partial charge on any atom is 0.122 e. The lowest BCUT2D eigenvalue weighted by Gasteiger charge is -2.05. The molecule has 0 aliphatic heterocycles. The largest absolute Gasteiger partial charge is 0.496 e.